The van der Waals surface area contributed by atoms with Gasteiger partial charge in [0.1, 0.15) is 0 Å². The van der Waals surface area contributed by atoms with Crippen LogP contribution in [0.15, 0.2) is 0 Å². The standard InChI is InChI=1S/2C3H7.2BrH.Ti/c2*1-3-2;;;/h2*1,3H2,2H3;2*1H;/q;;;;+2/p-2. The van der Waals surface area contributed by atoms with Gasteiger partial charge in [-0.2, -0.15) is 0 Å². The van der Waals surface area contributed by atoms with E-state index < -0.39 is 12.4 Å². The van der Waals surface area contributed by atoms with Gasteiger partial charge in [-0.3, -0.25) is 0 Å². The minimum atomic E-state index is -1.53. The van der Waals surface area contributed by atoms with E-state index in [1.54, 1.807) is 0 Å². The molecule has 0 aliphatic rings. The fourth-order valence-electron chi connectivity index (χ4n) is 0.857. The predicted octanol–water partition coefficient (Wildman–Crippen LogP) is 4.42. The van der Waals surface area contributed by atoms with Crippen LogP contribution in [-0.2, 0) is 12.4 Å². The van der Waals surface area contributed by atoms with Gasteiger partial charge in [0.15, 0.2) is 0 Å². The first-order valence-corrected chi connectivity index (χ1v) is 13.4. The zero-order chi connectivity index (χ0) is 7.33. The van der Waals surface area contributed by atoms with Gasteiger partial charge in [-0.1, -0.05) is 0 Å². The maximum absolute atomic E-state index is 3.81. The van der Waals surface area contributed by atoms with E-state index >= 15 is 0 Å². The van der Waals surface area contributed by atoms with E-state index in [1.807, 2.05) is 0 Å². The van der Waals surface area contributed by atoms with E-state index in [0.29, 0.717) is 0 Å². The van der Waals surface area contributed by atoms with Crippen molar-refractivity contribution >= 4 is 26.3 Å². The summed E-state index contributed by atoms with van der Waals surface area (Å²) in [6.45, 7) is 4.50. The second kappa shape index (κ2) is 5.34. The Labute approximate surface area is 74.2 Å². The Kier molecular flexibility index (Phi) is 6.33. The van der Waals surface area contributed by atoms with Gasteiger partial charge in [0.05, 0.1) is 0 Å². The van der Waals surface area contributed by atoms with Crippen molar-refractivity contribution in [2.24, 2.45) is 0 Å². The number of halogens is 2. The summed E-state index contributed by atoms with van der Waals surface area (Å²) < 4.78 is 2.79. The SMILES string of the molecule is CC[CH2][Ti]([Br])([Br])[CH2]CC. The summed E-state index contributed by atoms with van der Waals surface area (Å²) in [4.78, 5) is 0. The summed E-state index contributed by atoms with van der Waals surface area (Å²) in [7, 11) is 0. The molecule has 0 rings (SSSR count). The number of hydrogen-bond acceptors (Lipinski definition) is 0. The first kappa shape index (κ1) is 10.7. The fourth-order valence-corrected chi connectivity index (χ4v) is 10.1. The molecule has 3 heteroatoms. The Morgan fingerprint density at radius 1 is 1.00 bits per heavy atom. The maximum atomic E-state index is 3.81. The van der Waals surface area contributed by atoms with Crippen LogP contribution in [0.4, 0.5) is 0 Å². The third-order valence-electron chi connectivity index (χ3n) is 1.23. The summed E-state index contributed by atoms with van der Waals surface area (Å²) in [5, 5.41) is 0. The molecule has 0 heterocycles. The van der Waals surface area contributed by atoms with E-state index in [-0.39, 0.29) is 0 Å². The van der Waals surface area contributed by atoms with Gasteiger partial charge in [-0.25, -0.2) is 0 Å². The molecule has 0 atom stereocenters. The van der Waals surface area contributed by atoms with Crippen LogP contribution in [-0.4, -0.2) is 0 Å². The molecule has 0 aromatic heterocycles. The summed E-state index contributed by atoms with van der Waals surface area (Å²) in [6.07, 6.45) is 2.63. The number of hydrogen-bond donors (Lipinski definition) is 0. The molecule has 56 valence electrons. The molecular formula is C6H14Br2Ti. The first-order valence-electron chi connectivity index (χ1n) is 3.50. The van der Waals surface area contributed by atoms with E-state index in [2.05, 4.69) is 40.2 Å². The Balaban J connectivity index is 3.43. The molecule has 0 bridgehead atoms. The topological polar surface area (TPSA) is 0 Å². The van der Waals surface area contributed by atoms with Crippen molar-refractivity contribution in [3.8, 4) is 0 Å². The van der Waals surface area contributed by atoms with E-state index in [0.717, 1.165) is 0 Å². The van der Waals surface area contributed by atoms with Crippen LogP contribution in [0, 0.1) is 0 Å². The molecule has 9 heavy (non-hydrogen) atoms. The van der Waals surface area contributed by atoms with Crippen molar-refractivity contribution in [3.63, 3.8) is 0 Å². The van der Waals surface area contributed by atoms with E-state index in [9.17, 15) is 0 Å². The average molecular weight is 294 g/mol. The van der Waals surface area contributed by atoms with Crippen molar-refractivity contribution < 1.29 is 12.4 Å². The number of rotatable bonds is 4. The van der Waals surface area contributed by atoms with Crippen LogP contribution in [0.1, 0.15) is 26.7 Å². The van der Waals surface area contributed by atoms with Gasteiger partial charge in [0.2, 0.25) is 0 Å². The monoisotopic (exact) mass is 292 g/mol. The molecule has 0 aliphatic heterocycles. The second-order valence-electron chi connectivity index (χ2n) is 2.36. The van der Waals surface area contributed by atoms with E-state index in [1.165, 1.54) is 22.3 Å². The van der Waals surface area contributed by atoms with Gasteiger partial charge in [0, 0.05) is 0 Å². The summed E-state index contributed by atoms with van der Waals surface area (Å²) in [5.41, 5.74) is 0. The summed E-state index contributed by atoms with van der Waals surface area (Å²) >= 11 is 6.08. The van der Waals surface area contributed by atoms with Gasteiger partial charge in [0.25, 0.3) is 0 Å². The average Bonchev–Trinajstić information content (AvgIpc) is 1.64. The Morgan fingerprint density at radius 3 is 1.56 bits per heavy atom. The second-order valence-corrected chi connectivity index (χ2v) is 23.5. The molecule has 0 radical (unpaired) electrons. The quantitative estimate of drug-likeness (QED) is 0.673. The molecule has 0 N–H and O–H groups in total. The molecular weight excluding hydrogens is 280 g/mol. The molecule has 0 aromatic carbocycles. The molecule has 0 amide bonds. The van der Waals surface area contributed by atoms with Crippen molar-refractivity contribution in [2.75, 3.05) is 0 Å². The first-order chi connectivity index (χ1) is 4.12. The van der Waals surface area contributed by atoms with Crippen molar-refractivity contribution in [1.29, 1.82) is 0 Å². The Hall–Kier alpha value is 1.67. The minimum absolute atomic E-state index is 1.32. The fraction of sp³-hybridized carbons (Fsp3) is 1.00. The molecule has 0 spiro atoms. The van der Waals surface area contributed by atoms with Crippen LogP contribution >= 0.6 is 26.3 Å². The van der Waals surface area contributed by atoms with Crippen LogP contribution in [0.25, 0.3) is 0 Å². The molecule has 0 fully saturated rings. The molecule has 0 aromatic rings. The van der Waals surface area contributed by atoms with Gasteiger partial charge >= 0.3 is 74.9 Å². The predicted molar refractivity (Wildman–Crippen MR) is 48.1 cm³/mol. The molecule has 0 unspecified atom stereocenters. The molecule has 0 saturated carbocycles. The van der Waals surface area contributed by atoms with Crippen molar-refractivity contribution in [1.82, 2.24) is 0 Å². The van der Waals surface area contributed by atoms with Crippen LogP contribution in [0.3, 0.4) is 0 Å². The van der Waals surface area contributed by atoms with Crippen LogP contribution in [0.2, 0.25) is 9.45 Å². The molecule has 0 saturated heterocycles. The van der Waals surface area contributed by atoms with Gasteiger partial charge < -0.3 is 0 Å². The van der Waals surface area contributed by atoms with Crippen molar-refractivity contribution in [2.45, 2.75) is 36.1 Å². The van der Waals surface area contributed by atoms with Crippen molar-refractivity contribution in [3.05, 3.63) is 0 Å². The molecule has 0 nitrogen and oxygen atoms in total. The van der Waals surface area contributed by atoms with Gasteiger partial charge in [-0.05, 0) is 0 Å². The third kappa shape index (κ3) is 6.09. The van der Waals surface area contributed by atoms with Gasteiger partial charge in [-0.15, -0.1) is 0 Å². The van der Waals surface area contributed by atoms with E-state index in [4.69, 9.17) is 0 Å². The summed E-state index contributed by atoms with van der Waals surface area (Å²) in [6, 6.07) is 0. The van der Waals surface area contributed by atoms with Crippen LogP contribution in [0.5, 0.6) is 0 Å². The summed E-state index contributed by atoms with van der Waals surface area (Å²) in [5.74, 6) is 0. The normalized spacial score (nSPS) is 12.0. The molecule has 0 aliphatic carbocycles. The Bertz CT molecular complexity index is 65.5. The Morgan fingerprint density at radius 2 is 1.33 bits per heavy atom. The zero-order valence-electron chi connectivity index (χ0n) is 6.08. The zero-order valence-corrected chi connectivity index (χ0v) is 10.8. The van der Waals surface area contributed by atoms with Crippen LogP contribution < -0.4 is 0 Å². The third-order valence-corrected chi connectivity index (χ3v) is 11.6.